The predicted molar refractivity (Wildman–Crippen MR) is 134 cm³/mol. The molecule has 1 aliphatic rings. The summed E-state index contributed by atoms with van der Waals surface area (Å²) in [5.41, 5.74) is 0.655. The first kappa shape index (κ1) is 25.1. The molecule has 36 heavy (non-hydrogen) atoms. The molecule has 4 rings (SSSR count). The highest BCUT2D eigenvalue weighted by molar-refractivity contribution is 8.04. The number of ether oxygens (including phenoxy) is 2. The van der Waals surface area contributed by atoms with Gasteiger partial charge in [-0.25, -0.2) is 8.42 Å². The number of nitrogens with one attached hydrogen (secondary N) is 1. The van der Waals surface area contributed by atoms with Gasteiger partial charge in [-0.15, -0.1) is 0 Å². The van der Waals surface area contributed by atoms with E-state index in [-0.39, 0.29) is 15.6 Å². The topological polar surface area (TPSA) is 145 Å². The van der Waals surface area contributed by atoms with Crippen LogP contribution in [-0.4, -0.2) is 38.6 Å². The smallest absolute Gasteiger partial charge is 0.311 e. The van der Waals surface area contributed by atoms with E-state index in [0.29, 0.717) is 33.2 Å². The molecule has 0 bridgehead atoms. The Labute approximate surface area is 210 Å². The van der Waals surface area contributed by atoms with Crippen LogP contribution in [0, 0.1) is 10.1 Å². The second-order valence-electron chi connectivity index (χ2n) is 7.63. The number of methoxy groups -OCH3 is 2. The van der Waals surface area contributed by atoms with Crippen molar-refractivity contribution >= 4 is 45.0 Å². The first-order valence-electron chi connectivity index (χ1n) is 10.4. The maximum atomic E-state index is 13.3. The summed E-state index contributed by atoms with van der Waals surface area (Å²) in [4.78, 5) is 23.7. The number of hydrogen-bond donors (Lipinski definition) is 2. The number of amides is 1. The summed E-state index contributed by atoms with van der Waals surface area (Å²) in [6.07, 6.45) is 1.43. The Balaban J connectivity index is 1.67. The van der Waals surface area contributed by atoms with Crippen molar-refractivity contribution in [1.29, 1.82) is 0 Å². The molecule has 0 aliphatic carbocycles. The van der Waals surface area contributed by atoms with Crippen LogP contribution in [0.4, 0.5) is 11.4 Å². The number of benzene rings is 3. The van der Waals surface area contributed by atoms with E-state index >= 15 is 0 Å². The molecule has 3 aromatic carbocycles. The van der Waals surface area contributed by atoms with Gasteiger partial charge in [-0.3, -0.25) is 14.9 Å². The van der Waals surface area contributed by atoms with E-state index in [9.17, 15) is 28.4 Å². The van der Waals surface area contributed by atoms with Gasteiger partial charge in [0, 0.05) is 11.0 Å². The Bertz CT molecular complexity index is 1490. The second kappa shape index (κ2) is 9.91. The van der Waals surface area contributed by atoms with Crippen LogP contribution in [0.3, 0.4) is 0 Å². The van der Waals surface area contributed by atoms with Crippen LogP contribution in [0.1, 0.15) is 11.1 Å². The average molecular weight is 529 g/mol. The van der Waals surface area contributed by atoms with Crippen LogP contribution >= 0.6 is 11.8 Å². The van der Waals surface area contributed by atoms with Crippen molar-refractivity contribution < 1.29 is 32.7 Å². The lowest BCUT2D eigenvalue weighted by atomic mass is 10.1. The Morgan fingerprint density at radius 2 is 1.78 bits per heavy atom. The normalized spacial score (nSPS) is 14.2. The summed E-state index contributed by atoms with van der Waals surface area (Å²) in [5.74, 6) is -0.542. The van der Waals surface area contributed by atoms with Gasteiger partial charge in [-0.2, -0.15) is 0 Å². The van der Waals surface area contributed by atoms with Crippen molar-refractivity contribution in [2.24, 2.45) is 0 Å². The van der Waals surface area contributed by atoms with Crippen LogP contribution in [0.2, 0.25) is 0 Å². The number of nitrogens with zero attached hydrogens (tertiary/aromatic N) is 1. The van der Waals surface area contributed by atoms with E-state index in [1.165, 1.54) is 50.6 Å². The number of hydrogen-bond acceptors (Lipinski definition) is 9. The molecular weight excluding hydrogens is 508 g/mol. The first-order valence-corrected chi connectivity index (χ1v) is 12.8. The SMILES string of the molecule is COc1cccc(OC)c1CS(=O)(=O)c1ccc2c(c1)S/C(=C/c1ccc(O)c([N+](=O)[O-])c1)C(=O)N2. The number of carbonyl (C=O) groups excluding carboxylic acids is 1. The Hall–Kier alpha value is -4.03. The number of nitro groups is 1. The van der Waals surface area contributed by atoms with Crippen LogP contribution in [-0.2, 0) is 20.4 Å². The number of carbonyl (C=O) groups is 1. The number of rotatable bonds is 7. The van der Waals surface area contributed by atoms with E-state index in [1.807, 2.05) is 0 Å². The minimum atomic E-state index is -3.83. The highest BCUT2D eigenvalue weighted by Crippen LogP contribution is 2.41. The molecular formula is C24H20N2O8S2. The maximum Gasteiger partial charge on any atom is 0.311 e. The molecule has 3 aromatic rings. The summed E-state index contributed by atoms with van der Waals surface area (Å²) in [5, 5.41) is 23.5. The molecule has 0 aromatic heterocycles. The van der Waals surface area contributed by atoms with E-state index in [0.717, 1.165) is 17.8 Å². The summed E-state index contributed by atoms with van der Waals surface area (Å²) in [7, 11) is -0.942. The molecule has 0 unspecified atom stereocenters. The van der Waals surface area contributed by atoms with Gasteiger partial charge in [0.1, 0.15) is 11.5 Å². The molecule has 0 spiro atoms. The lowest BCUT2D eigenvalue weighted by Crippen LogP contribution is -2.17. The number of phenolic OH excluding ortho intramolecular Hbond substituents is 1. The van der Waals surface area contributed by atoms with Gasteiger partial charge in [0.25, 0.3) is 5.91 Å². The lowest BCUT2D eigenvalue weighted by molar-refractivity contribution is -0.385. The summed E-state index contributed by atoms with van der Waals surface area (Å²) in [6, 6.07) is 13.1. The fourth-order valence-corrected chi connectivity index (χ4v) is 6.07. The van der Waals surface area contributed by atoms with Crippen molar-refractivity contribution in [2.75, 3.05) is 19.5 Å². The minimum Gasteiger partial charge on any atom is -0.502 e. The van der Waals surface area contributed by atoms with Gasteiger partial charge in [-0.05, 0) is 48.0 Å². The van der Waals surface area contributed by atoms with Gasteiger partial charge in [0.05, 0.1) is 45.9 Å². The van der Waals surface area contributed by atoms with Gasteiger partial charge < -0.3 is 19.9 Å². The number of anilines is 1. The Morgan fingerprint density at radius 1 is 1.08 bits per heavy atom. The number of thioether (sulfide) groups is 1. The number of nitro benzene ring substituents is 1. The molecule has 2 N–H and O–H groups in total. The zero-order valence-corrected chi connectivity index (χ0v) is 20.7. The molecule has 0 fully saturated rings. The minimum absolute atomic E-state index is 0.0393. The van der Waals surface area contributed by atoms with Crippen molar-refractivity contribution in [3.05, 3.63) is 80.7 Å². The predicted octanol–water partition coefficient (Wildman–Crippen LogP) is 4.38. The molecule has 186 valence electrons. The average Bonchev–Trinajstić information content (AvgIpc) is 2.85. The second-order valence-corrected chi connectivity index (χ2v) is 10.7. The van der Waals surface area contributed by atoms with Crippen molar-refractivity contribution in [3.63, 3.8) is 0 Å². The summed E-state index contributed by atoms with van der Waals surface area (Å²) < 4.78 is 37.2. The van der Waals surface area contributed by atoms with E-state index in [2.05, 4.69) is 5.32 Å². The largest absolute Gasteiger partial charge is 0.502 e. The lowest BCUT2D eigenvalue weighted by Gasteiger charge is -2.20. The van der Waals surface area contributed by atoms with Gasteiger partial charge in [0.15, 0.2) is 15.6 Å². The molecule has 0 saturated heterocycles. The Kier molecular flexibility index (Phi) is 6.91. The quantitative estimate of drug-likeness (QED) is 0.259. The third kappa shape index (κ3) is 4.99. The van der Waals surface area contributed by atoms with Crippen LogP contribution in [0.25, 0.3) is 6.08 Å². The fourth-order valence-electron chi connectivity index (χ4n) is 3.60. The summed E-state index contributed by atoms with van der Waals surface area (Å²) >= 11 is 1.03. The standard InChI is InChI=1S/C24H20N2O8S2/c1-33-20-4-3-5-21(34-2)16(20)13-36(31,32)15-7-8-17-22(12-15)35-23(24(28)25-17)11-14-6-9-19(27)18(10-14)26(29)30/h3-12,27H,13H2,1-2H3,(H,25,28)/b23-11+. The third-order valence-electron chi connectivity index (χ3n) is 5.36. The molecule has 12 heteroatoms. The molecule has 1 aliphatic heterocycles. The number of phenols is 1. The molecule has 1 amide bonds. The number of fused-ring (bicyclic) bond motifs is 1. The van der Waals surface area contributed by atoms with E-state index < -0.39 is 32.1 Å². The zero-order valence-electron chi connectivity index (χ0n) is 19.0. The van der Waals surface area contributed by atoms with Crippen molar-refractivity contribution in [1.82, 2.24) is 0 Å². The van der Waals surface area contributed by atoms with Gasteiger partial charge in [-0.1, -0.05) is 23.9 Å². The van der Waals surface area contributed by atoms with Gasteiger partial charge >= 0.3 is 5.69 Å². The summed E-state index contributed by atoms with van der Waals surface area (Å²) in [6.45, 7) is 0. The number of aromatic hydroxyl groups is 1. The number of sulfone groups is 1. The monoisotopic (exact) mass is 528 g/mol. The first-order chi connectivity index (χ1) is 17.1. The van der Waals surface area contributed by atoms with E-state index in [1.54, 1.807) is 18.2 Å². The van der Waals surface area contributed by atoms with Crippen LogP contribution in [0.5, 0.6) is 17.2 Å². The van der Waals surface area contributed by atoms with Crippen molar-refractivity contribution in [2.45, 2.75) is 15.5 Å². The molecule has 0 atom stereocenters. The Morgan fingerprint density at radius 3 is 2.42 bits per heavy atom. The van der Waals surface area contributed by atoms with Gasteiger partial charge in [0.2, 0.25) is 0 Å². The van der Waals surface area contributed by atoms with Crippen molar-refractivity contribution in [3.8, 4) is 17.2 Å². The molecule has 0 radical (unpaired) electrons. The fraction of sp³-hybridized carbons (Fsp3) is 0.125. The van der Waals surface area contributed by atoms with Crippen LogP contribution < -0.4 is 14.8 Å². The highest BCUT2D eigenvalue weighted by Gasteiger charge is 2.26. The molecule has 1 heterocycles. The highest BCUT2D eigenvalue weighted by atomic mass is 32.2. The maximum absolute atomic E-state index is 13.3. The molecule has 0 saturated carbocycles. The third-order valence-corrected chi connectivity index (χ3v) is 8.08. The molecule has 10 nitrogen and oxygen atoms in total. The zero-order chi connectivity index (χ0) is 26.0. The van der Waals surface area contributed by atoms with Crippen LogP contribution in [0.15, 0.2) is 69.3 Å². The van der Waals surface area contributed by atoms with E-state index in [4.69, 9.17) is 9.47 Å².